The number of carbonyl (C=O) groups excluding carboxylic acids is 1. The molecule has 1 saturated carbocycles. The van der Waals surface area contributed by atoms with Crippen molar-refractivity contribution < 1.29 is 13.9 Å². The maximum atomic E-state index is 12.5. The molecule has 150 valence electrons. The summed E-state index contributed by atoms with van der Waals surface area (Å²) in [5.74, 6) is 0.735. The largest absolute Gasteiger partial charge is 0.480 e. The van der Waals surface area contributed by atoms with Gasteiger partial charge in [-0.15, -0.1) is 10.2 Å². The zero-order valence-electron chi connectivity index (χ0n) is 16.3. The van der Waals surface area contributed by atoms with Gasteiger partial charge in [0.2, 0.25) is 5.13 Å². The fourth-order valence-corrected chi connectivity index (χ4v) is 4.74. The van der Waals surface area contributed by atoms with E-state index < -0.39 is 6.10 Å². The molecular formula is C21H21N3O4S. The summed E-state index contributed by atoms with van der Waals surface area (Å²) in [7, 11) is 0. The van der Waals surface area contributed by atoms with Crippen LogP contribution in [0.15, 0.2) is 21.3 Å². The molecule has 0 spiro atoms. The van der Waals surface area contributed by atoms with Gasteiger partial charge >= 0.3 is 5.63 Å². The molecule has 8 heteroatoms. The van der Waals surface area contributed by atoms with E-state index in [1.54, 1.807) is 6.92 Å². The van der Waals surface area contributed by atoms with Gasteiger partial charge in [0.15, 0.2) is 6.10 Å². The number of ether oxygens (including phenoxy) is 1. The van der Waals surface area contributed by atoms with Gasteiger partial charge in [-0.2, -0.15) is 0 Å². The van der Waals surface area contributed by atoms with Crippen LogP contribution in [-0.2, 0) is 17.6 Å². The van der Waals surface area contributed by atoms with Crippen molar-refractivity contribution in [3.63, 3.8) is 0 Å². The summed E-state index contributed by atoms with van der Waals surface area (Å²) >= 11 is 1.41. The molecule has 0 bridgehead atoms. The van der Waals surface area contributed by atoms with Crippen LogP contribution in [0.3, 0.4) is 0 Å². The van der Waals surface area contributed by atoms with E-state index in [1.165, 1.54) is 11.3 Å². The van der Waals surface area contributed by atoms with Gasteiger partial charge in [0.25, 0.3) is 5.91 Å². The predicted octanol–water partition coefficient (Wildman–Crippen LogP) is 3.73. The van der Waals surface area contributed by atoms with Crippen LogP contribution >= 0.6 is 11.3 Å². The fourth-order valence-electron chi connectivity index (χ4n) is 3.82. The Morgan fingerprint density at radius 1 is 1.28 bits per heavy atom. The minimum atomic E-state index is -0.736. The molecule has 7 nitrogen and oxygen atoms in total. The van der Waals surface area contributed by atoms with Gasteiger partial charge in [-0.05, 0) is 63.6 Å². The van der Waals surface area contributed by atoms with Crippen LogP contribution in [0.4, 0.5) is 5.13 Å². The highest BCUT2D eigenvalue weighted by atomic mass is 32.1. The molecule has 5 rings (SSSR count). The number of aryl methyl sites for hydroxylation is 2. The first kappa shape index (κ1) is 18.3. The van der Waals surface area contributed by atoms with Gasteiger partial charge in [0, 0.05) is 22.4 Å². The van der Waals surface area contributed by atoms with Crippen molar-refractivity contribution in [2.45, 2.75) is 58.0 Å². The van der Waals surface area contributed by atoms with Crippen molar-refractivity contribution in [1.82, 2.24) is 10.2 Å². The molecule has 1 N–H and O–H groups in total. The first-order valence-corrected chi connectivity index (χ1v) is 10.7. The predicted molar refractivity (Wildman–Crippen MR) is 110 cm³/mol. The first-order chi connectivity index (χ1) is 14.0. The van der Waals surface area contributed by atoms with Crippen LogP contribution < -0.4 is 15.7 Å². The third-order valence-electron chi connectivity index (χ3n) is 5.61. The van der Waals surface area contributed by atoms with Crippen molar-refractivity contribution in [3.8, 4) is 5.75 Å². The minimum absolute atomic E-state index is 0.265. The Hall–Kier alpha value is -2.74. The molecule has 0 radical (unpaired) electrons. The molecule has 2 aliphatic rings. The number of hydrogen-bond acceptors (Lipinski definition) is 7. The highest BCUT2D eigenvalue weighted by molar-refractivity contribution is 7.15. The number of fused-ring (bicyclic) bond motifs is 3. The maximum absolute atomic E-state index is 12.5. The molecule has 2 aromatic heterocycles. The molecule has 2 heterocycles. The Kier molecular flexibility index (Phi) is 4.38. The molecule has 3 aromatic rings. The van der Waals surface area contributed by atoms with Crippen molar-refractivity contribution in [1.29, 1.82) is 0 Å². The van der Waals surface area contributed by atoms with E-state index in [0.29, 0.717) is 22.4 Å². The smallest absolute Gasteiger partial charge is 0.339 e. The molecule has 29 heavy (non-hydrogen) atoms. The lowest BCUT2D eigenvalue weighted by atomic mass is 10.0. The number of benzene rings is 1. The first-order valence-electron chi connectivity index (χ1n) is 9.90. The van der Waals surface area contributed by atoms with Crippen LogP contribution in [0.2, 0.25) is 0 Å². The number of nitrogens with one attached hydrogen (secondary N) is 1. The van der Waals surface area contributed by atoms with Crippen LogP contribution in [0.5, 0.6) is 5.75 Å². The number of amides is 1. The number of anilines is 1. The summed E-state index contributed by atoms with van der Waals surface area (Å²) in [5.41, 5.74) is 2.87. The van der Waals surface area contributed by atoms with E-state index in [2.05, 4.69) is 15.5 Å². The second-order valence-electron chi connectivity index (χ2n) is 7.73. The summed E-state index contributed by atoms with van der Waals surface area (Å²) in [5, 5.41) is 13.4. The van der Waals surface area contributed by atoms with Gasteiger partial charge in [-0.3, -0.25) is 10.1 Å². The van der Waals surface area contributed by atoms with Gasteiger partial charge < -0.3 is 9.15 Å². The Morgan fingerprint density at radius 3 is 2.86 bits per heavy atom. The Morgan fingerprint density at radius 2 is 2.07 bits per heavy atom. The van der Waals surface area contributed by atoms with Gasteiger partial charge in [0.1, 0.15) is 16.3 Å². The zero-order chi connectivity index (χ0) is 20.1. The molecule has 2 aliphatic carbocycles. The van der Waals surface area contributed by atoms with E-state index in [0.717, 1.165) is 59.2 Å². The number of nitrogens with zero attached hydrogens (tertiary/aromatic N) is 2. The molecule has 0 saturated heterocycles. The number of aromatic nitrogens is 2. The molecule has 1 fully saturated rings. The van der Waals surface area contributed by atoms with Crippen molar-refractivity contribution in [2.75, 3.05) is 5.32 Å². The van der Waals surface area contributed by atoms with Crippen molar-refractivity contribution in [2.24, 2.45) is 0 Å². The second kappa shape index (κ2) is 6.95. The molecule has 1 atom stereocenters. The summed E-state index contributed by atoms with van der Waals surface area (Å²) in [6.45, 7) is 3.53. The second-order valence-corrected chi connectivity index (χ2v) is 8.74. The number of rotatable bonds is 5. The van der Waals surface area contributed by atoms with Crippen LogP contribution in [0, 0.1) is 6.92 Å². The lowest BCUT2D eigenvalue weighted by Gasteiger charge is -2.16. The van der Waals surface area contributed by atoms with Crippen LogP contribution in [-0.4, -0.2) is 22.2 Å². The van der Waals surface area contributed by atoms with E-state index in [4.69, 9.17) is 9.15 Å². The quantitative estimate of drug-likeness (QED) is 0.643. The topological polar surface area (TPSA) is 94.3 Å². The third-order valence-corrected chi connectivity index (χ3v) is 6.61. The standard InChI is InChI=1S/C21H21N3O4S/c1-10-16(9-8-14-13-4-3-5-15(13)20(26)28-17(10)14)27-11(2)18(25)22-21-24-23-19(29-21)12-6-7-12/h8-9,11-12H,3-7H2,1-2H3,(H,22,24,25). The summed E-state index contributed by atoms with van der Waals surface area (Å²) in [6.07, 6.45) is 4.18. The Labute approximate surface area is 171 Å². The molecule has 1 unspecified atom stereocenters. The van der Waals surface area contributed by atoms with Gasteiger partial charge in [-0.25, -0.2) is 4.79 Å². The lowest BCUT2D eigenvalue weighted by molar-refractivity contribution is -0.122. The molecule has 0 aliphatic heterocycles. The summed E-state index contributed by atoms with van der Waals surface area (Å²) in [4.78, 5) is 24.8. The Balaban J connectivity index is 1.36. The highest BCUT2D eigenvalue weighted by Gasteiger charge is 2.28. The zero-order valence-corrected chi connectivity index (χ0v) is 17.1. The summed E-state index contributed by atoms with van der Waals surface area (Å²) < 4.78 is 11.5. The van der Waals surface area contributed by atoms with E-state index in [1.807, 2.05) is 19.1 Å². The van der Waals surface area contributed by atoms with E-state index >= 15 is 0 Å². The van der Waals surface area contributed by atoms with E-state index in [-0.39, 0.29) is 11.5 Å². The monoisotopic (exact) mass is 411 g/mol. The number of carbonyl (C=O) groups is 1. The van der Waals surface area contributed by atoms with Gasteiger partial charge in [-0.1, -0.05) is 11.3 Å². The Bertz CT molecular complexity index is 1180. The number of hydrogen-bond donors (Lipinski definition) is 1. The molecule has 1 aromatic carbocycles. The minimum Gasteiger partial charge on any atom is -0.480 e. The lowest BCUT2D eigenvalue weighted by Crippen LogP contribution is -2.30. The maximum Gasteiger partial charge on any atom is 0.339 e. The summed E-state index contributed by atoms with van der Waals surface area (Å²) in [6, 6.07) is 3.76. The molecular weight excluding hydrogens is 390 g/mol. The third kappa shape index (κ3) is 3.31. The molecule has 1 amide bonds. The van der Waals surface area contributed by atoms with Crippen LogP contribution in [0.25, 0.3) is 11.0 Å². The van der Waals surface area contributed by atoms with E-state index in [9.17, 15) is 9.59 Å². The highest BCUT2D eigenvalue weighted by Crippen LogP contribution is 2.42. The van der Waals surface area contributed by atoms with Crippen molar-refractivity contribution >= 4 is 33.3 Å². The normalized spacial score (nSPS) is 16.6. The average molecular weight is 411 g/mol. The average Bonchev–Trinajstić information content (AvgIpc) is 3.23. The SMILES string of the molecule is Cc1c(OC(C)C(=O)Nc2nnc(C3CC3)s2)ccc2c3c(c(=O)oc12)CCC3. The van der Waals surface area contributed by atoms with Crippen LogP contribution in [0.1, 0.15) is 53.8 Å². The van der Waals surface area contributed by atoms with Crippen molar-refractivity contribution in [3.05, 3.63) is 44.3 Å². The fraction of sp³-hybridized carbons (Fsp3) is 0.429. The van der Waals surface area contributed by atoms with Gasteiger partial charge in [0.05, 0.1) is 0 Å².